The summed E-state index contributed by atoms with van der Waals surface area (Å²) in [5.74, 6) is 0.908. The fourth-order valence-electron chi connectivity index (χ4n) is 3.32. The summed E-state index contributed by atoms with van der Waals surface area (Å²) in [7, 11) is 0. The zero-order valence-corrected chi connectivity index (χ0v) is 13.1. The predicted octanol–water partition coefficient (Wildman–Crippen LogP) is 2.31. The number of nitriles is 1. The van der Waals surface area contributed by atoms with Crippen molar-refractivity contribution in [2.24, 2.45) is 0 Å². The fourth-order valence-corrected chi connectivity index (χ4v) is 3.32. The molecule has 116 valence electrons. The van der Waals surface area contributed by atoms with Crippen LogP contribution in [-0.2, 0) is 11.2 Å². The van der Waals surface area contributed by atoms with Crippen molar-refractivity contribution in [3.63, 3.8) is 0 Å². The number of likely N-dealkylation sites (tertiary alicyclic amines) is 1. The number of hydrogen-bond donors (Lipinski definition) is 0. The number of carbonyl (C=O) groups is 1. The number of anilines is 1. The first-order valence-corrected chi connectivity index (χ1v) is 7.88. The van der Waals surface area contributed by atoms with Gasteiger partial charge in [-0.2, -0.15) is 5.26 Å². The van der Waals surface area contributed by atoms with Crippen LogP contribution in [0, 0.1) is 11.5 Å². The molecule has 22 heavy (non-hydrogen) atoms. The third kappa shape index (κ3) is 2.50. The fraction of sp³-hybridized carbons (Fsp3) is 0.529. The molecular formula is C17H21N3O2. The van der Waals surface area contributed by atoms with Gasteiger partial charge in [-0.25, -0.2) is 0 Å². The Morgan fingerprint density at radius 1 is 1.41 bits per heavy atom. The third-order valence-corrected chi connectivity index (χ3v) is 4.28. The van der Waals surface area contributed by atoms with Crippen molar-refractivity contribution >= 4 is 11.6 Å². The number of carbonyl (C=O) groups excluding carboxylic acids is 1. The van der Waals surface area contributed by atoms with Gasteiger partial charge in [0.05, 0.1) is 11.8 Å². The molecule has 0 N–H and O–H groups in total. The highest BCUT2D eigenvalue weighted by Crippen LogP contribution is 2.36. The SMILES string of the molecule is CC(C)Oc1cccc2c1CCN2C(=O)[C@@H]1CCCN1C#N. The van der Waals surface area contributed by atoms with Crippen LogP contribution in [0.15, 0.2) is 18.2 Å². The Bertz CT molecular complexity index is 621. The second kappa shape index (κ2) is 5.88. The molecule has 2 heterocycles. The molecule has 1 fully saturated rings. The van der Waals surface area contributed by atoms with Gasteiger partial charge in [0, 0.05) is 18.7 Å². The van der Waals surface area contributed by atoms with E-state index in [-0.39, 0.29) is 18.1 Å². The smallest absolute Gasteiger partial charge is 0.250 e. The number of nitrogens with zero attached hydrogens (tertiary/aromatic N) is 3. The van der Waals surface area contributed by atoms with Gasteiger partial charge in [0.25, 0.3) is 0 Å². The summed E-state index contributed by atoms with van der Waals surface area (Å²) >= 11 is 0. The van der Waals surface area contributed by atoms with Gasteiger partial charge < -0.3 is 9.64 Å². The summed E-state index contributed by atoms with van der Waals surface area (Å²) in [4.78, 5) is 16.2. The van der Waals surface area contributed by atoms with Gasteiger partial charge in [-0.05, 0) is 45.2 Å². The zero-order valence-electron chi connectivity index (χ0n) is 13.1. The van der Waals surface area contributed by atoms with Crippen LogP contribution in [0.4, 0.5) is 5.69 Å². The largest absolute Gasteiger partial charge is 0.491 e. The van der Waals surface area contributed by atoms with Gasteiger partial charge >= 0.3 is 0 Å². The molecule has 0 bridgehead atoms. The predicted molar refractivity (Wildman–Crippen MR) is 83.6 cm³/mol. The maximum atomic E-state index is 12.8. The van der Waals surface area contributed by atoms with Gasteiger partial charge in [0.1, 0.15) is 11.8 Å². The molecule has 0 radical (unpaired) electrons. The molecule has 2 aliphatic rings. The lowest BCUT2D eigenvalue weighted by molar-refractivity contribution is -0.121. The Kier molecular flexibility index (Phi) is 3.93. The average Bonchev–Trinajstić information content (AvgIpc) is 3.13. The Morgan fingerprint density at radius 3 is 2.95 bits per heavy atom. The lowest BCUT2D eigenvalue weighted by Gasteiger charge is -2.25. The lowest BCUT2D eigenvalue weighted by Crippen LogP contribution is -2.43. The molecule has 5 nitrogen and oxygen atoms in total. The van der Waals surface area contributed by atoms with Crippen LogP contribution in [0.5, 0.6) is 5.75 Å². The van der Waals surface area contributed by atoms with Crippen LogP contribution >= 0.6 is 0 Å². The first-order valence-electron chi connectivity index (χ1n) is 7.88. The molecule has 5 heteroatoms. The van der Waals surface area contributed by atoms with Gasteiger partial charge in [-0.15, -0.1) is 0 Å². The Labute approximate surface area is 131 Å². The molecule has 3 rings (SSSR count). The maximum absolute atomic E-state index is 12.8. The number of benzene rings is 1. The van der Waals surface area contributed by atoms with Gasteiger partial charge in [0.2, 0.25) is 5.91 Å². The van der Waals surface area contributed by atoms with Crippen molar-refractivity contribution < 1.29 is 9.53 Å². The summed E-state index contributed by atoms with van der Waals surface area (Å²) in [6.07, 6.45) is 4.73. The van der Waals surface area contributed by atoms with E-state index in [4.69, 9.17) is 10.00 Å². The van der Waals surface area contributed by atoms with Crippen LogP contribution in [0.1, 0.15) is 32.3 Å². The molecule has 0 aromatic heterocycles. The van der Waals surface area contributed by atoms with E-state index in [1.54, 1.807) is 4.90 Å². The van der Waals surface area contributed by atoms with E-state index in [1.165, 1.54) is 0 Å². The normalized spacial score (nSPS) is 20.2. The average molecular weight is 299 g/mol. The van der Waals surface area contributed by atoms with Crippen molar-refractivity contribution in [1.82, 2.24) is 4.90 Å². The molecule has 0 unspecified atom stereocenters. The molecule has 0 saturated carbocycles. The van der Waals surface area contributed by atoms with E-state index < -0.39 is 0 Å². The van der Waals surface area contributed by atoms with Crippen molar-refractivity contribution in [2.75, 3.05) is 18.0 Å². The van der Waals surface area contributed by atoms with Crippen molar-refractivity contribution in [1.29, 1.82) is 5.26 Å². The molecule has 0 aliphatic carbocycles. The van der Waals surface area contributed by atoms with E-state index >= 15 is 0 Å². The number of fused-ring (bicyclic) bond motifs is 1. The van der Waals surface area contributed by atoms with Gasteiger partial charge in [-0.1, -0.05) is 6.07 Å². The number of ether oxygens (including phenoxy) is 1. The standard InChI is InChI=1S/C17H21N3O2/c1-12(2)22-16-7-3-5-14-13(16)8-10-20(14)17(21)15-6-4-9-19(15)11-18/h3,5,7,12,15H,4,6,8-10H2,1-2H3/t15-/m0/s1. The van der Waals surface area contributed by atoms with Crippen molar-refractivity contribution in [3.8, 4) is 11.9 Å². The van der Waals surface area contributed by atoms with E-state index in [0.29, 0.717) is 13.1 Å². The second-order valence-electron chi connectivity index (χ2n) is 6.11. The second-order valence-corrected chi connectivity index (χ2v) is 6.11. The van der Waals surface area contributed by atoms with Crippen molar-refractivity contribution in [3.05, 3.63) is 23.8 Å². The van der Waals surface area contributed by atoms with E-state index in [0.717, 1.165) is 36.3 Å². The number of amides is 1. The summed E-state index contributed by atoms with van der Waals surface area (Å²) in [5.41, 5.74) is 2.04. The topological polar surface area (TPSA) is 56.6 Å². The number of hydrogen-bond acceptors (Lipinski definition) is 4. The summed E-state index contributed by atoms with van der Waals surface area (Å²) in [5, 5.41) is 9.15. The van der Waals surface area contributed by atoms with Gasteiger partial charge in [0.15, 0.2) is 6.19 Å². The molecule has 1 aromatic carbocycles. The molecule has 1 saturated heterocycles. The van der Waals surface area contributed by atoms with Crippen LogP contribution in [-0.4, -0.2) is 36.0 Å². The van der Waals surface area contributed by atoms with Crippen LogP contribution < -0.4 is 9.64 Å². The minimum atomic E-state index is -0.300. The van der Waals surface area contributed by atoms with E-state index in [9.17, 15) is 4.79 Å². The number of rotatable bonds is 3. The summed E-state index contributed by atoms with van der Waals surface area (Å²) in [6, 6.07) is 5.56. The zero-order chi connectivity index (χ0) is 15.7. The quantitative estimate of drug-likeness (QED) is 0.804. The summed E-state index contributed by atoms with van der Waals surface area (Å²) in [6.45, 7) is 5.35. The highest BCUT2D eigenvalue weighted by Gasteiger charge is 2.36. The first kappa shape index (κ1) is 14.7. The minimum Gasteiger partial charge on any atom is -0.491 e. The lowest BCUT2D eigenvalue weighted by atomic mass is 10.1. The molecule has 1 aromatic rings. The highest BCUT2D eigenvalue weighted by atomic mass is 16.5. The van der Waals surface area contributed by atoms with E-state index in [2.05, 4.69) is 6.19 Å². The first-order chi connectivity index (χ1) is 10.6. The molecular weight excluding hydrogens is 278 g/mol. The van der Waals surface area contributed by atoms with Gasteiger partial charge in [-0.3, -0.25) is 9.69 Å². The van der Waals surface area contributed by atoms with E-state index in [1.807, 2.05) is 36.9 Å². The Hall–Kier alpha value is -2.22. The molecule has 1 atom stereocenters. The van der Waals surface area contributed by atoms with Crippen LogP contribution in [0.25, 0.3) is 0 Å². The molecule has 2 aliphatic heterocycles. The third-order valence-electron chi connectivity index (χ3n) is 4.28. The summed E-state index contributed by atoms with van der Waals surface area (Å²) < 4.78 is 5.85. The van der Waals surface area contributed by atoms with Crippen molar-refractivity contribution in [2.45, 2.75) is 45.3 Å². The van der Waals surface area contributed by atoms with Crippen LogP contribution in [0.3, 0.4) is 0 Å². The monoisotopic (exact) mass is 299 g/mol. The molecule has 1 amide bonds. The van der Waals surface area contributed by atoms with Crippen LogP contribution in [0.2, 0.25) is 0 Å². The Morgan fingerprint density at radius 2 is 2.23 bits per heavy atom. The minimum absolute atomic E-state index is 0.0412. The Balaban J connectivity index is 1.85. The molecule has 0 spiro atoms. The highest BCUT2D eigenvalue weighted by molar-refractivity contribution is 5.99. The maximum Gasteiger partial charge on any atom is 0.250 e.